The number of aliphatic hydroxyl groups is 1. The van der Waals surface area contributed by atoms with Gasteiger partial charge < -0.3 is 24.7 Å². The van der Waals surface area contributed by atoms with Gasteiger partial charge in [-0.25, -0.2) is 0 Å². The third-order valence-corrected chi connectivity index (χ3v) is 6.45. The fourth-order valence-electron chi connectivity index (χ4n) is 4.67. The number of hydrogen-bond acceptors (Lipinski definition) is 6. The summed E-state index contributed by atoms with van der Waals surface area (Å²) in [6, 6.07) is 11.0. The van der Waals surface area contributed by atoms with Gasteiger partial charge in [0.15, 0.2) is 0 Å². The fraction of sp³-hybridized carbons (Fsp3) is 0.385. The van der Waals surface area contributed by atoms with Gasteiger partial charge >= 0.3 is 0 Å². The lowest BCUT2D eigenvalue weighted by atomic mass is 9.94. The van der Waals surface area contributed by atoms with Gasteiger partial charge in [0.2, 0.25) is 0 Å². The van der Waals surface area contributed by atoms with Crippen molar-refractivity contribution in [2.75, 3.05) is 26.2 Å². The van der Waals surface area contributed by atoms with Crippen molar-refractivity contribution >= 4 is 17.4 Å². The molecule has 2 aromatic carbocycles. The predicted octanol–water partition coefficient (Wildman–Crippen LogP) is 3.48. The molecule has 2 aliphatic heterocycles. The van der Waals surface area contributed by atoms with Crippen LogP contribution in [0.15, 0.2) is 48.0 Å². The standard InChI is InChI=1S/C26H30N2O5/c1-4-27(5-2)11-12-28-23(17-7-6-8-20(29)15-17)22(25(31)26(28)32)24(30)18-9-10-21-19(14-18)13-16(3)33-21/h6-10,14-16,23,29-30H,4-5,11-13H2,1-3H3/b24-22+/t16-,23-/m1/s1. The van der Waals surface area contributed by atoms with Crippen LogP contribution in [0.2, 0.25) is 0 Å². The number of rotatable bonds is 7. The Morgan fingerprint density at radius 2 is 1.91 bits per heavy atom. The average molecular weight is 451 g/mol. The van der Waals surface area contributed by atoms with Crippen LogP contribution in [0.25, 0.3) is 5.76 Å². The molecule has 2 N–H and O–H groups in total. The number of aromatic hydroxyl groups is 1. The summed E-state index contributed by atoms with van der Waals surface area (Å²) in [6.07, 6.45) is 0.764. The molecule has 2 atom stereocenters. The van der Waals surface area contributed by atoms with Gasteiger partial charge in [-0.05, 0) is 61.5 Å². The molecule has 1 fully saturated rings. The van der Waals surface area contributed by atoms with Gasteiger partial charge in [-0.15, -0.1) is 0 Å². The number of amides is 1. The Balaban J connectivity index is 1.79. The summed E-state index contributed by atoms with van der Waals surface area (Å²) in [5.74, 6) is -0.774. The van der Waals surface area contributed by atoms with Crippen molar-refractivity contribution in [2.45, 2.75) is 39.3 Å². The molecule has 0 unspecified atom stereocenters. The molecule has 0 aromatic heterocycles. The van der Waals surface area contributed by atoms with Crippen LogP contribution in [0, 0.1) is 0 Å². The predicted molar refractivity (Wildman–Crippen MR) is 125 cm³/mol. The maximum atomic E-state index is 13.2. The molecular formula is C26H30N2O5. The number of ether oxygens (including phenoxy) is 1. The molecule has 174 valence electrons. The van der Waals surface area contributed by atoms with Crippen LogP contribution in [0.4, 0.5) is 0 Å². The number of fused-ring (bicyclic) bond motifs is 1. The zero-order valence-corrected chi connectivity index (χ0v) is 19.2. The second-order valence-electron chi connectivity index (χ2n) is 8.57. The van der Waals surface area contributed by atoms with E-state index in [2.05, 4.69) is 4.90 Å². The van der Waals surface area contributed by atoms with Gasteiger partial charge in [-0.1, -0.05) is 26.0 Å². The summed E-state index contributed by atoms with van der Waals surface area (Å²) in [7, 11) is 0. The van der Waals surface area contributed by atoms with Crippen molar-refractivity contribution < 1.29 is 24.5 Å². The molecule has 1 amide bonds. The number of Topliss-reactive ketones (excluding diaryl/α,β-unsaturated/α-hetero) is 1. The number of likely N-dealkylation sites (N-methyl/N-ethyl adjacent to an activating group) is 1. The maximum Gasteiger partial charge on any atom is 0.295 e. The molecule has 0 spiro atoms. The second-order valence-corrected chi connectivity index (χ2v) is 8.57. The highest BCUT2D eigenvalue weighted by Crippen LogP contribution is 2.41. The van der Waals surface area contributed by atoms with Crippen LogP contribution < -0.4 is 4.74 Å². The van der Waals surface area contributed by atoms with E-state index < -0.39 is 17.7 Å². The number of aliphatic hydroxyl groups excluding tert-OH is 1. The van der Waals surface area contributed by atoms with Crippen LogP contribution in [0.3, 0.4) is 0 Å². The number of hydrogen-bond donors (Lipinski definition) is 2. The Bertz CT molecular complexity index is 1110. The molecular weight excluding hydrogens is 420 g/mol. The van der Waals surface area contributed by atoms with E-state index in [1.165, 1.54) is 17.0 Å². The molecule has 0 bridgehead atoms. The largest absolute Gasteiger partial charge is 0.508 e. The zero-order chi connectivity index (χ0) is 23.7. The summed E-state index contributed by atoms with van der Waals surface area (Å²) in [5.41, 5.74) is 2.04. The molecule has 33 heavy (non-hydrogen) atoms. The lowest BCUT2D eigenvalue weighted by Gasteiger charge is -2.28. The first-order chi connectivity index (χ1) is 15.8. The van der Waals surface area contributed by atoms with Crippen molar-refractivity contribution in [3.63, 3.8) is 0 Å². The topological polar surface area (TPSA) is 90.3 Å². The summed E-state index contributed by atoms with van der Waals surface area (Å²) >= 11 is 0. The van der Waals surface area contributed by atoms with E-state index in [9.17, 15) is 19.8 Å². The molecule has 0 saturated carbocycles. The van der Waals surface area contributed by atoms with Crippen molar-refractivity contribution in [2.24, 2.45) is 0 Å². The summed E-state index contributed by atoms with van der Waals surface area (Å²) in [4.78, 5) is 29.9. The first kappa shape index (κ1) is 22.9. The van der Waals surface area contributed by atoms with E-state index in [4.69, 9.17) is 4.74 Å². The number of carbonyl (C=O) groups is 2. The van der Waals surface area contributed by atoms with Crippen molar-refractivity contribution in [1.29, 1.82) is 0 Å². The normalized spacial score (nSPS) is 21.5. The van der Waals surface area contributed by atoms with E-state index in [1.54, 1.807) is 24.3 Å². The minimum Gasteiger partial charge on any atom is -0.508 e. The zero-order valence-electron chi connectivity index (χ0n) is 19.2. The van der Waals surface area contributed by atoms with E-state index in [0.29, 0.717) is 30.6 Å². The SMILES string of the molecule is CCN(CC)CCN1C(=O)C(=O)/C(=C(/O)c2ccc3c(c2)C[C@@H](C)O3)[C@H]1c1cccc(O)c1. The molecule has 2 aliphatic rings. The van der Waals surface area contributed by atoms with Gasteiger partial charge in [0.05, 0.1) is 11.6 Å². The van der Waals surface area contributed by atoms with Crippen LogP contribution in [-0.4, -0.2) is 64.0 Å². The lowest BCUT2D eigenvalue weighted by Crippen LogP contribution is -2.38. The van der Waals surface area contributed by atoms with Crippen LogP contribution in [0.1, 0.15) is 43.5 Å². The summed E-state index contributed by atoms with van der Waals surface area (Å²) < 4.78 is 5.74. The summed E-state index contributed by atoms with van der Waals surface area (Å²) in [6.45, 7) is 8.65. The molecule has 0 radical (unpaired) electrons. The highest BCUT2D eigenvalue weighted by Gasteiger charge is 2.46. The Kier molecular flexibility index (Phi) is 6.42. The first-order valence-electron chi connectivity index (χ1n) is 11.4. The number of likely N-dealkylation sites (tertiary alicyclic amines) is 1. The average Bonchev–Trinajstić information content (AvgIpc) is 3.30. The Morgan fingerprint density at radius 3 is 2.61 bits per heavy atom. The van der Waals surface area contributed by atoms with Crippen molar-refractivity contribution in [1.82, 2.24) is 9.80 Å². The van der Waals surface area contributed by atoms with Crippen molar-refractivity contribution in [3.05, 3.63) is 64.7 Å². The molecule has 1 saturated heterocycles. The number of phenolic OH excluding ortho intramolecular Hbond substituents is 1. The molecule has 7 nitrogen and oxygen atoms in total. The van der Waals surface area contributed by atoms with Crippen LogP contribution in [0.5, 0.6) is 11.5 Å². The third-order valence-electron chi connectivity index (χ3n) is 6.45. The number of ketones is 1. The molecule has 7 heteroatoms. The van der Waals surface area contributed by atoms with Gasteiger partial charge in [-0.3, -0.25) is 9.59 Å². The van der Waals surface area contributed by atoms with E-state index >= 15 is 0 Å². The Hall–Kier alpha value is -3.32. The van der Waals surface area contributed by atoms with Gasteiger partial charge in [0.1, 0.15) is 23.4 Å². The monoisotopic (exact) mass is 450 g/mol. The third kappa shape index (κ3) is 4.33. The maximum absolute atomic E-state index is 13.2. The van der Waals surface area contributed by atoms with Crippen LogP contribution in [-0.2, 0) is 16.0 Å². The second kappa shape index (κ2) is 9.27. The highest BCUT2D eigenvalue weighted by atomic mass is 16.5. The molecule has 2 heterocycles. The fourth-order valence-corrected chi connectivity index (χ4v) is 4.67. The molecule has 0 aliphatic carbocycles. The minimum atomic E-state index is -0.781. The number of carbonyl (C=O) groups excluding carboxylic acids is 2. The number of phenols is 1. The van der Waals surface area contributed by atoms with Gasteiger partial charge in [0, 0.05) is 25.1 Å². The Morgan fingerprint density at radius 1 is 1.15 bits per heavy atom. The highest BCUT2D eigenvalue weighted by molar-refractivity contribution is 6.46. The number of benzene rings is 2. The minimum absolute atomic E-state index is 0.0329. The molecule has 4 rings (SSSR count). The lowest BCUT2D eigenvalue weighted by molar-refractivity contribution is -0.140. The van der Waals surface area contributed by atoms with Gasteiger partial charge in [0.25, 0.3) is 11.7 Å². The molecule has 2 aromatic rings. The Labute approximate surface area is 193 Å². The number of nitrogens with zero attached hydrogens (tertiary/aromatic N) is 2. The van der Waals surface area contributed by atoms with E-state index in [0.717, 1.165) is 24.4 Å². The summed E-state index contributed by atoms with van der Waals surface area (Å²) in [5, 5.41) is 21.3. The van der Waals surface area contributed by atoms with Gasteiger partial charge in [-0.2, -0.15) is 0 Å². The quantitative estimate of drug-likeness (QED) is 0.381. The van der Waals surface area contributed by atoms with Crippen molar-refractivity contribution in [3.8, 4) is 11.5 Å². The smallest absolute Gasteiger partial charge is 0.295 e. The first-order valence-corrected chi connectivity index (χ1v) is 11.4. The van der Waals surface area contributed by atoms with Crippen LogP contribution >= 0.6 is 0 Å². The van der Waals surface area contributed by atoms with E-state index in [-0.39, 0.29) is 23.2 Å². The van der Waals surface area contributed by atoms with E-state index in [1.807, 2.05) is 26.8 Å².